The first kappa shape index (κ1) is 20.6. The lowest BCUT2D eigenvalue weighted by Crippen LogP contribution is -2.23. The van der Waals surface area contributed by atoms with Gasteiger partial charge in [0.1, 0.15) is 0 Å². The fourth-order valence-electron chi connectivity index (χ4n) is 2.36. The number of benzene rings is 2. The van der Waals surface area contributed by atoms with E-state index < -0.39 is 29.4 Å². The molecule has 0 aliphatic carbocycles. The van der Waals surface area contributed by atoms with Gasteiger partial charge in [0, 0.05) is 11.6 Å². The molecule has 0 radical (unpaired) electrons. The zero-order chi connectivity index (χ0) is 20.5. The topological polar surface area (TPSA) is 125 Å². The van der Waals surface area contributed by atoms with Crippen LogP contribution in [0.25, 0.3) is 0 Å². The van der Waals surface area contributed by atoms with E-state index in [9.17, 15) is 24.5 Å². The Bertz CT molecular complexity index is 895. The van der Waals surface area contributed by atoms with Crippen molar-refractivity contribution in [3.63, 3.8) is 0 Å². The molecule has 9 heteroatoms. The van der Waals surface area contributed by atoms with Crippen molar-refractivity contribution in [3.05, 3.63) is 69.8 Å². The number of nitrogens with zero attached hydrogens (tertiary/aromatic N) is 1. The van der Waals surface area contributed by atoms with Crippen molar-refractivity contribution < 1.29 is 28.8 Å². The van der Waals surface area contributed by atoms with Crippen molar-refractivity contribution >= 4 is 29.2 Å². The number of para-hydroxylation sites is 2. The molecule has 0 aromatic heterocycles. The van der Waals surface area contributed by atoms with Crippen LogP contribution >= 0.6 is 0 Å². The second-order valence-electron chi connectivity index (χ2n) is 5.54. The van der Waals surface area contributed by atoms with Crippen molar-refractivity contribution in [2.75, 3.05) is 18.5 Å². The van der Waals surface area contributed by atoms with Gasteiger partial charge < -0.3 is 14.8 Å². The van der Waals surface area contributed by atoms with Gasteiger partial charge in [0.05, 0.1) is 29.2 Å². The van der Waals surface area contributed by atoms with Crippen LogP contribution in [0.2, 0.25) is 0 Å². The number of carbonyl (C=O) groups excluding carboxylic acids is 3. The molecule has 1 N–H and O–H groups in total. The van der Waals surface area contributed by atoms with Gasteiger partial charge in [-0.2, -0.15) is 0 Å². The van der Waals surface area contributed by atoms with Gasteiger partial charge in [0.2, 0.25) is 0 Å². The number of nitro groups is 1. The first-order valence-electron chi connectivity index (χ1n) is 8.36. The molecule has 146 valence electrons. The third-order valence-corrected chi connectivity index (χ3v) is 3.58. The third kappa shape index (κ3) is 5.63. The molecule has 0 unspecified atom stereocenters. The molecule has 0 atom stereocenters. The highest BCUT2D eigenvalue weighted by Gasteiger charge is 2.18. The lowest BCUT2D eigenvalue weighted by molar-refractivity contribution is -0.385. The Labute approximate surface area is 160 Å². The van der Waals surface area contributed by atoms with Crippen molar-refractivity contribution in [2.24, 2.45) is 0 Å². The number of hydrogen-bond acceptors (Lipinski definition) is 7. The molecule has 0 saturated carbocycles. The van der Waals surface area contributed by atoms with Gasteiger partial charge in [-0.3, -0.25) is 19.7 Å². The minimum absolute atomic E-state index is 0.170. The molecule has 2 aromatic rings. The summed E-state index contributed by atoms with van der Waals surface area (Å²) in [6.07, 6.45) is -0.343. The first-order chi connectivity index (χ1) is 13.4. The van der Waals surface area contributed by atoms with Gasteiger partial charge >= 0.3 is 11.9 Å². The molecule has 28 heavy (non-hydrogen) atoms. The van der Waals surface area contributed by atoms with E-state index in [0.717, 1.165) is 0 Å². The minimum atomic E-state index is -0.789. The number of amides is 1. The standard InChI is InChI=1S/C19H18N2O7/c1-2-27-19(24)14-8-4-5-9-15(14)20-17(22)12-28-18(23)11-13-7-3-6-10-16(13)21(25)26/h3-10H,2,11-12H2,1H3,(H,20,22). The Morgan fingerprint density at radius 1 is 1.04 bits per heavy atom. The minimum Gasteiger partial charge on any atom is -0.462 e. The molecular formula is C19H18N2O7. The molecule has 0 aliphatic rings. The van der Waals surface area contributed by atoms with Crippen LogP contribution in [0.1, 0.15) is 22.8 Å². The summed E-state index contributed by atoms with van der Waals surface area (Å²) in [4.78, 5) is 46.2. The van der Waals surface area contributed by atoms with E-state index in [2.05, 4.69) is 5.32 Å². The van der Waals surface area contributed by atoms with Crippen molar-refractivity contribution in [1.29, 1.82) is 0 Å². The molecule has 2 rings (SSSR count). The Balaban J connectivity index is 1.94. The molecule has 0 heterocycles. The van der Waals surface area contributed by atoms with Crippen LogP contribution < -0.4 is 5.32 Å². The highest BCUT2D eigenvalue weighted by molar-refractivity contribution is 6.01. The first-order valence-corrected chi connectivity index (χ1v) is 8.36. The van der Waals surface area contributed by atoms with Crippen LogP contribution in [0, 0.1) is 10.1 Å². The number of anilines is 1. The zero-order valence-corrected chi connectivity index (χ0v) is 15.0. The summed E-state index contributed by atoms with van der Waals surface area (Å²) in [6.45, 7) is 1.25. The van der Waals surface area contributed by atoms with E-state index in [-0.39, 0.29) is 35.5 Å². The monoisotopic (exact) mass is 386 g/mol. The summed E-state index contributed by atoms with van der Waals surface area (Å²) in [7, 11) is 0. The van der Waals surface area contributed by atoms with Gasteiger partial charge in [0.25, 0.3) is 11.6 Å². The van der Waals surface area contributed by atoms with Crippen LogP contribution in [-0.2, 0) is 25.5 Å². The average Bonchev–Trinajstić information content (AvgIpc) is 2.67. The van der Waals surface area contributed by atoms with Gasteiger partial charge in [-0.05, 0) is 19.1 Å². The average molecular weight is 386 g/mol. The number of nitrogens with one attached hydrogen (secondary N) is 1. The fourth-order valence-corrected chi connectivity index (χ4v) is 2.36. The van der Waals surface area contributed by atoms with Gasteiger partial charge in [-0.25, -0.2) is 4.79 Å². The van der Waals surface area contributed by atoms with E-state index >= 15 is 0 Å². The molecule has 0 spiro atoms. The predicted octanol–water partition coefficient (Wildman–Crippen LogP) is 2.50. The largest absolute Gasteiger partial charge is 0.462 e. The SMILES string of the molecule is CCOC(=O)c1ccccc1NC(=O)COC(=O)Cc1ccccc1[N+](=O)[O-]. The summed E-state index contributed by atoms with van der Waals surface area (Å²) >= 11 is 0. The van der Waals surface area contributed by atoms with Crippen LogP contribution in [0.5, 0.6) is 0 Å². The number of hydrogen-bond donors (Lipinski definition) is 1. The van der Waals surface area contributed by atoms with Crippen molar-refractivity contribution in [2.45, 2.75) is 13.3 Å². The summed E-state index contributed by atoms with van der Waals surface area (Å²) in [5, 5.41) is 13.4. The van der Waals surface area contributed by atoms with E-state index in [0.29, 0.717) is 0 Å². The molecule has 1 amide bonds. The maximum atomic E-state index is 12.0. The molecule has 0 saturated heterocycles. The fraction of sp³-hybridized carbons (Fsp3) is 0.211. The van der Waals surface area contributed by atoms with E-state index in [4.69, 9.17) is 9.47 Å². The van der Waals surface area contributed by atoms with Crippen LogP contribution in [-0.4, -0.2) is 36.0 Å². The van der Waals surface area contributed by atoms with Crippen LogP contribution in [0.4, 0.5) is 11.4 Å². The lowest BCUT2D eigenvalue weighted by atomic mass is 10.1. The lowest BCUT2D eigenvalue weighted by Gasteiger charge is -2.10. The molecule has 0 aliphatic heterocycles. The molecule has 9 nitrogen and oxygen atoms in total. The highest BCUT2D eigenvalue weighted by Crippen LogP contribution is 2.19. The zero-order valence-electron chi connectivity index (χ0n) is 15.0. The van der Waals surface area contributed by atoms with Crippen LogP contribution in [0.3, 0.4) is 0 Å². The Hall–Kier alpha value is -3.75. The quantitative estimate of drug-likeness (QED) is 0.420. The second kappa shape index (κ2) is 9.81. The molecule has 2 aromatic carbocycles. The van der Waals surface area contributed by atoms with Gasteiger partial charge in [-0.15, -0.1) is 0 Å². The van der Waals surface area contributed by atoms with E-state index in [1.165, 1.54) is 30.3 Å². The Kier molecular flexibility index (Phi) is 7.21. The summed E-state index contributed by atoms with van der Waals surface area (Å²) < 4.78 is 9.79. The number of nitro benzene ring substituents is 1. The third-order valence-electron chi connectivity index (χ3n) is 3.58. The number of rotatable bonds is 8. The van der Waals surface area contributed by atoms with Crippen LogP contribution in [0.15, 0.2) is 48.5 Å². The maximum Gasteiger partial charge on any atom is 0.340 e. The maximum absolute atomic E-state index is 12.0. The normalized spacial score (nSPS) is 10.0. The summed E-state index contributed by atoms with van der Waals surface area (Å²) in [5.74, 6) is -2.04. The van der Waals surface area contributed by atoms with Crippen molar-refractivity contribution in [1.82, 2.24) is 0 Å². The van der Waals surface area contributed by atoms with Gasteiger partial charge in [0.15, 0.2) is 6.61 Å². The van der Waals surface area contributed by atoms with E-state index in [1.807, 2.05) is 0 Å². The number of carbonyl (C=O) groups is 3. The highest BCUT2D eigenvalue weighted by atomic mass is 16.6. The molecular weight excluding hydrogens is 368 g/mol. The smallest absolute Gasteiger partial charge is 0.340 e. The molecule has 0 fully saturated rings. The molecule has 0 bridgehead atoms. The van der Waals surface area contributed by atoms with Crippen molar-refractivity contribution in [3.8, 4) is 0 Å². The second-order valence-corrected chi connectivity index (χ2v) is 5.54. The van der Waals surface area contributed by atoms with E-state index in [1.54, 1.807) is 25.1 Å². The van der Waals surface area contributed by atoms with Gasteiger partial charge in [-0.1, -0.05) is 30.3 Å². The Morgan fingerprint density at radius 2 is 1.71 bits per heavy atom. The summed E-state index contributed by atoms with van der Waals surface area (Å²) in [6, 6.07) is 12.0. The number of esters is 2. The predicted molar refractivity (Wildman–Crippen MR) is 98.8 cm³/mol. The summed E-state index contributed by atoms with van der Waals surface area (Å²) in [5.41, 5.74) is 0.377. The Morgan fingerprint density at radius 3 is 2.43 bits per heavy atom. The number of ether oxygens (including phenoxy) is 2.